The summed E-state index contributed by atoms with van der Waals surface area (Å²) < 4.78 is 5.13. The molecule has 1 fully saturated rings. The molecule has 0 aromatic carbocycles. The first-order chi connectivity index (χ1) is 5.02. The van der Waals surface area contributed by atoms with E-state index in [-0.39, 0.29) is 5.54 Å². The Morgan fingerprint density at radius 3 is 2.45 bits per heavy atom. The van der Waals surface area contributed by atoms with E-state index in [4.69, 9.17) is 10.5 Å². The van der Waals surface area contributed by atoms with E-state index in [1.165, 1.54) is 0 Å². The van der Waals surface area contributed by atoms with E-state index in [1.54, 1.807) is 0 Å². The maximum Gasteiger partial charge on any atom is 0.282 e. The van der Waals surface area contributed by atoms with Crippen LogP contribution in [0.4, 0.5) is 0 Å². The van der Waals surface area contributed by atoms with Crippen molar-refractivity contribution in [1.82, 2.24) is 0 Å². The maximum absolute atomic E-state index is 5.44. The van der Waals surface area contributed by atoms with E-state index in [1.807, 2.05) is 0 Å². The predicted molar refractivity (Wildman–Crippen MR) is 43.3 cm³/mol. The van der Waals surface area contributed by atoms with Gasteiger partial charge in [0.1, 0.15) is 12.1 Å². The minimum atomic E-state index is 0.0631. The lowest BCUT2D eigenvalue weighted by atomic mass is 9.60. The lowest BCUT2D eigenvalue weighted by Gasteiger charge is -2.47. The van der Waals surface area contributed by atoms with Gasteiger partial charge in [-0.2, -0.15) is 0 Å². The van der Waals surface area contributed by atoms with E-state index in [2.05, 4.69) is 18.8 Å². The Bertz CT molecular complexity index is 212. The van der Waals surface area contributed by atoms with Gasteiger partial charge in [0, 0.05) is 0 Å². The number of rotatable bonds is 0. The highest BCUT2D eigenvalue weighted by Crippen LogP contribution is 2.51. The summed E-state index contributed by atoms with van der Waals surface area (Å²) in [4.78, 5) is 4.29. The molecule has 0 saturated heterocycles. The average molecular weight is 154 g/mol. The molecule has 11 heavy (non-hydrogen) atoms. The Balaban J connectivity index is 2.08. The molecule has 1 saturated carbocycles. The summed E-state index contributed by atoms with van der Waals surface area (Å²) in [6.07, 6.45) is 2.22. The van der Waals surface area contributed by atoms with Crippen LogP contribution in [0.15, 0.2) is 4.99 Å². The first-order valence-electron chi connectivity index (χ1n) is 4.00. The molecule has 0 bridgehead atoms. The highest BCUT2D eigenvalue weighted by molar-refractivity contribution is 5.74. The fourth-order valence-electron chi connectivity index (χ4n) is 2.42. The lowest BCUT2D eigenvalue weighted by Crippen LogP contribution is -2.48. The molecule has 2 rings (SSSR count). The van der Waals surface area contributed by atoms with Crippen LogP contribution < -0.4 is 5.73 Å². The topological polar surface area (TPSA) is 47.6 Å². The summed E-state index contributed by atoms with van der Waals surface area (Å²) in [5, 5.41) is 0. The predicted octanol–water partition coefficient (Wildman–Crippen LogP) is 0.890. The number of nitrogens with zero attached hydrogens (tertiary/aromatic N) is 1. The molecule has 1 heterocycles. The minimum absolute atomic E-state index is 0.0631. The van der Waals surface area contributed by atoms with Gasteiger partial charge in [0.15, 0.2) is 0 Å². The van der Waals surface area contributed by atoms with Crippen LogP contribution in [0.1, 0.15) is 26.7 Å². The van der Waals surface area contributed by atoms with Crippen molar-refractivity contribution < 1.29 is 4.74 Å². The molecule has 62 valence electrons. The molecule has 3 heteroatoms. The zero-order chi connectivity index (χ0) is 8.11. The van der Waals surface area contributed by atoms with Crippen LogP contribution in [-0.4, -0.2) is 18.2 Å². The monoisotopic (exact) mass is 154 g/mol. The van der Waals surface area contributed by atoms with Crippen molar-refractivity contribution in [3.63, 3.8) is 0 Å². The van der Waals surface area contributed by atoms with Gasteiger partial charge in [-0.1, -0.05) is 13.8 Å². The van der Waals surface area contributed by atoms with Crippen LogP contribution in [0, 0.1) is 5.41 Å². The van der Waals surface area contributed by atoms with Gasteiger partial charge in [-0.15, -0.1) is 0 Å². The molecule has 0 radical (unpaired) electrons. The Hall–Kier alpha value is -0.730. The van der Waals surface area contributed by atoms with Gasteiger partial charge in [0.25, 0.3) is 6.02 Å². The average Bonchev–Trinajstić information content (AvgIpc) is 2.08. The standard InChI is InChI=1S/C8H14N2O/c1-7(2)3-8(4-7)5-11-6(9)10-8/h3-5H2,1-2H3,(H2,9,10). The third kappa shape index (κ3) is 0.988. The van der Waals surface area contributed by atoms with Gasteiger partial charge in [0.05, 0.1) is 0 Å². The first kappa shape index (κ1) is 6.95. The van der Waals surface area contributed by atoms with Crippen LogP contribution in [0.3, 0.4) is 0 Å². The quantitative estimate of drug-likeness (QED) is 0.563. The van der Waals surface area contributed by atoms with Crippen molar-refractivity contribution in [2.45, 2.75) is 32.2 Å². The lowest BCUT2D eigenvalue weighted by molar-refractivity contribution is 0.0439. The first-order valence-corrected chi connectivity index (χ1v) is 4.00. The largest absolute Gasteiger partial charge is 0.463 e. The van der Waals surface area contributed by atoms with Crippen molar-refractivity contribution in [3.05, 3.63) is 0 Å². The molecule has 1 spiro atoms. The third-order valence-electron chi connectivity index (χ3n) is 2.45. The number of nitrogens with two attached hydrogens (primary N) is 1. The number of hydrogen-bond donors (Lipinski definition) is 1. The Morgan fingerprint density at radius 2 is 2.09 bits per heavy atom. The second kappa shape index (κ2) is 1.71. The summed E-state index contributed by atoms with van der Waals surface area (Å²) in [6.45, 7) is 5.20. The Labute approximate surface area is 66.6 Å². The number of aliphatic imine (C=N–C) groups is 1. The fourth-order valence-corrected chi connectivity index (χ4v) is 2.42. The second-order valence-electron chi connectivity index (χ2n) is 4.48. The molecule has 3 nitrogen and oxygen atoms in total. The minimum Gasteiger partial charge on any atom is -0.463 e. The van der Waals surface area contributed by atoms with Gasteiger partial charge in [-0.25, -0.2) is 4.99 Å². The van der Waals surface area contributed by atoms with Gasteiger partial charge in [-0.05, 0) is 18.3 Å². The van der Waals surface area contributed by atoms with Crippen molar-refractivity contribution >= 4 is 6.02 Å². The van der Waals surface area contributed by atoms with E-state index in [9.17, 15) is 0 Å². The molecule has 0 aromatic heterocycles. The Kier molecular flexibility index (Phi) is 1.08. The van der Waals surface area contributed by atoms with Crippen LogP contribution in [0.5, 0.6) is 0 Å². The van der Waals surface area contributed by atoms with Crippen molar-refractivity contribution in [2.24, 2.45) is 16.1 Å². The third-order valence-corrected chi connectivity index (χ3v) is 2.45. The van der Waals surface area contributed by atoms with Gasteiger partial charge < -0.3 is 10.5 Å². The molecule has 0 unspecified atom stereocenters. The van der Waals surface area contributed by atoms with E-state index in [0.29, 0.717) is 18.0 Å². The highest BCUT2D eigenvalue weighted by Gasteiger charge is 2.52. The van der Waals surface area contributed by atoms with Crippen molar-refractivity contribution in [3.8, 4) is 0 Å². The number of ether oxygens (including phenoxy) is 1. The molecule has 2 N–H and O–H groups in total. The molecular formula is C8H14N2O. The van der Waals surface area contributed by atoms with Crippen LogP contribution in [0.2, 0.25) is 0 Å². The Morgan fingerprint density at radius 1 is 1.45 bits per heavy atom. The SMILES string of the molecule is CC1(C)CC2(COC(N)=N2)C1. The fraction of sp³-hybridized carbons (Fsp3) is 0.875. The smallest absolute Gasteiger partial charge is 0.282 e. The van der Waals surface area contributed by atoms with E-state index >= 15 is 0 Å². The molecule has 2 aliphatic rings. The van der Waals surface area contributed by atoms with Gasteiger partial charge in [-0.3, -0.25) is 0 Å². The number of amidine groups is 1. The van der Waals surface area contributed by atoms with Crippen LogP contribution >= 0.6 is 0 Å². The van der Waals surface area contributed by atoms with E-state index in [0.717, 1.165) is 12.8 Å². The van der Waals surface area contributed by atoms with Crippen molar-refractivity contribution in [1.29, 1.82) is 0 Å². The summed E-state index contributed by atoms with van der Waals surface area (Å²) in [6, 6.07) is 0.375. The zero-order valence-electron chi connectivity index (χ0n) is 7.05. The molecule has 0 amide bonds. The molecule has 0 atom stereocenters. The molecule has 1 aliphatic carbocycles. The summed E-state index contributed by atoms with van der Waals surface area (Å²) in [5.74, 6) is 0. The summed E-state index contributed by atoms with van der Waals surface area (Å²) >= 11 is 0. The van der Waals surface area contributed by atoms with Gasteiger partial charge >= 0.3 is 0 Å². The zero-order valence-corrected chi connectivity index (χ0v) is 7.05. The molecular weight excluding hydrogens is 140 g/mol. The highest BCUT2D eigenvalue weighted by atomic mass is 16.5. The van der Waals surface area contributed by atoms with Crippen LogP contribution in [0.25, 0.3) is 0 Å². The van der Waals surface area contributed by atoms with Gasteiger partial charge in [0.2, 0.25) is 0 Å². The van der Waals surface area contributed by atoms with Crippen LogP contribution in [-0.2, 0) is 4.74 Å². The number of hydrogen-bond acceptors (Lipinski definition) is 3. The second-order valence-corrected chi connectivity index (χ2v) is 4.48. The van der Waals surface area contributed by atoms with Crippen molar-refractivity contribution in [2.75, 3.05) is 6.61 Å². The van der Waals surface area contributed by atoms with E-state index < -0.39 is 0 Å². The summed E-state index contributed by atoms with van der Waals surface area (Å²) in [7, 11) is 0. The molecule has 1 aliphatic heterocycles. The molecule has 0 aromatic rings. The maximum atomic E-state index is 5.44. The summed E-state index contributed by atoms with van der Waals surface area (Å²) in [5.41, 5.74) is 5.94. The normalized spacial score (nSPS) is 30.9.